The molecule has 6 aromatic rings. The summed E-state index contributed by atoms with van der Waals surface area (Å²) in [5, 5.41) is 7.46. The second-order valence-electron chi connectivity index (χ2n) is 16.3. The van der Waals surface area contributed by atoms with Gasteiger partial charge in [0.1, 0.15) is 23.7 Å². The summed E-state index contributed by atoms with van der Waals surface area (Å²) in [5.41, 5.74) is 7.60. The molecule has 4 aromatic heterocycles. The van der Waals surface area contributed by atoms with Crippen LogP contribution in [0.4, 0.5) is 9.59 Å². The Morgan fingerprint density at radius 2 is 1.03 bits per heavy atom. The van der Waals surface area contributed by atoms with Crippen LogP contribution in [0.5, 0.6) is 0 Å². The van der Waals surface area contributed by atoms with Crippen LogP contribution >= 0.6 is 0 Å². The van der Waals surface area contributed by atoms with Gasteiger partial charge in [-0.05, 0) is 49.7 Å². The molecule has 16 nitrogen and oxygen atoms in total. The third-order valence-corrected chi connectivity index (χ3v) is 12.0. The predicted octanol–water partition coefficient (Wildman–Crippen LogP) is 7.18. The first-order valence-corrected chi connectivity index (χ1v) is 20.6. The molecule has 2 fully saturated rings. The van der Waals surface area contributed by atoms with Crippen molar-refractivity contribution in [2.75, 3.05) is 27.3 Å². The molecule has 0 spiro atoms. The molecule has 4 atom stereocenters. The average Bonchev–Trinajstić information content (AvgIpc) is 4.10. The lowest BCUT2D eigenvalue weighted by molar-refractivity contribution is -0.136. The Morgan fingerprint density at radius 1 is 0.633 bits per heavy atom. The van der Waals surface area contributed by atoms with Crippen molar-refractivity contribution in [1.82, 2.24) is 50.3 Å². The number of aromatic nitrogens is 6. The van der Waals surface area contributed by atoms with Crippen molar-refractivity contribution in [2.24, 2.45) is 11.8 Å². The van der Waals surface area contributed by atoms with Gasteiger partial charge in [0, 0.05) is 58.5 Å². The van der Waals surface area contributed by atoms with Crippen molar-refractivity contribution < 1.29 is 28.7 Å². The number of nitrogens with zero attached hydrogens (tertiary/aromatic N) is 4. The second kappa shape index (κ2) is 16.6. The van der Waals surface area contributed by atoms with Gasteiger partial charge in [-0.3, -0.25) is 9.59 Å². The number of carbonyl (C=O) groups excluding carboxylic acids is 4. The molecular weight excluding hydrogens is 765 g/mol. The molecule has 60 heavy (non-hydrogen) atoms. The van der Waals surface area contributed by atoms with E-state index >= 15 is 0 Å². The summed E-state index contributed by atoms with van der Waals surface area (Å²) in [7, 11) is 2.58. The molecule has 6 N–H and O–H groups in total. The molecule has 2 aromatic carbocycles. The van der Waals surface area contributed by atoms with Crippen molar-refractivity contribution in [1.29, 1.82) is 0 Å². The molecule has 0 radical (unpaired) electrons. The number of H-pyrrole nitrogens is 4. The van der Waals surface area contributed by atoms with Crippen molar-refractivity contribution >= 4 is 45.8 Å². The van der Waals surface area contributed by atoms with Crippen LogP contribution in [-0.2, 0) is 19.1 Å². The third kappa shape index (κ3) is 7.34. The van der Waals surface area contributed by atoms with E-state index in [1.165, 1.54) is 14.2 Å². The molecule has 2 aliphatic heterocycles. The van der Waals surface area contributed by atoms with E-state index in [0.717, 1.165) is 81.1 Å². The molecule has 4 amide bonds. The summed E-state index contributed by atoms with van der Waals surface area (Å²) in [6, 6.07) is 10.6. The van der Waals surface area contributed by atoms with Gasteiger partial charge in [-0.25, -0.2) is 19.6 Å². The Labute approximate surface area is 347 Å². The zero-order chi connectivity index (χ0) is 42.2. The van der Waals surface area contributed by atoms with Gasteiger partial charge in [-0.15, -0.1) is 0 Å². The monoisotopic (exact) mass is 816 g/mol. The van der Waals surface area contributed by atoms with Crippen molar-refractivity contribution in [3.05, 3.63) is 72.8 Å². The number of rotatable bonds is 11. The van der Waals surface area contributed by atoms with Crippen LogP contribution in [0.25, 0.3) is 55.4 Å². The maximum absolute atomic E-state index is 13.7. The molecule has 314 valence electrons. The number of fused-ring (bicyclic) bond motifs is 2. The number of nitrogens with one attached hydrogen (secondary N) is 6. The first-order valence-electron chi connectivity index (χ1n) is 20.6. The number of imidazole rings is 2. The smallest absolute Gasteiger partial charge is 0.407 e. The van der Waals surface area contributed by atoms with E-state index in [0.29, 0.717) is 24.7 Å². The molecule has 2 aliphatic rings. The minimum Gasteiger partial charge on any atom is -0.453 e. The summed E-state index contributed by atoms with van der Waals surface area (Å²) in [5.74, 6) is 0.862. The molecular formula is C44H52N10O6. The van der Waals surface area contributed by atoms with Gasteiger partial charge < -0.3 is 49.8 Å². The average molecular weight is 817 g/mol. The minimum atomic E-state index is -0.710. The quantitative estimate of drug-likeness (QED) is 0.0788. The van der Waals surface area contributed by atoms with Gasteiger partial charge in [-0.2, -0.15) is 0 Å². The standard InChI is InChI=1S/C44H52N10O6/c1-23(2)35(51-43(57)59-5)41(55)53-19-7-9-33(53)39-47-21-31(49-39)25-11-13-27(37-29(25)15-17-45-37)28-14-12-26(30-16-18-46-38(28)30)32-22-48-40(50-32)34-10-8-20-54(34)42(56)36(24(3)4)52-44(58)60-6/h11-18,21-24,33-36,45-46H,7-10,19-20H2,1-6H3,(H,47,49)(H,48,50)(H,51,57)(H,52,58). The molecule has 8 rings (SSSR count). The van der Waals surface area contributed by atoms with E-state index in [2.05, 4.69) is 67.0 Å². The maximum atomic E-state index is 13.7. The summed E-state index contributed by atoms with van der Waals surface area (Å²) in [6.45, 7) is 8.76. The number of hydrogen-bond donors (Lipinski definition) is 6. The molecule has 16 heteroatoms. The van der Waals surface area contributed by atoms with E-state index in [-0.39, 0.29) is 35.7 Å². The first-order chi connectivity index (χ1) is 29.0. The Morgan fingerprint density at radius 3 is 1.42 bits per heavy atom. The Balaban J connectivity index is 1.05. The number of alkyl carbamates (subject to hydrolysis) is 2. The normalized spacial score (nSPS) is 17.8. The van der Waals surface area contributed by atoms with Crippen LogP contribution in [0.15, 0.2) is 61.2 Å². The highest BCUT2D eigenvalue weighted by Crippen LogP contribution is 2.41. The number of likely N-dealkylation sites (tertiary alicyclic amines) is 2. The Kier molecular flexibility index (Phi) is 11.1. The highest BCUT2D eigenvalue weighted by atomic mass is 16.5. The molecule has 2 saturated heterocycles. The lowest BCUT2D eigenvalue weighted by Gasteiger charge is -2.30. The lowest BCUT2D eigenvalue weighted by atomic mass is 9.95. The van der Waals surface area contributed by atoms with Gasteiger partial charge in [-0.1, -0.05) is 52.0 Å². The molecule has 0 aliphatic carbocycles. The van der Waals surface area contributed by atoms with Crippen LogP contribution in [0.1, 0.15) is 77.1 Å². The fourth-order valence-electron chi connectivity index (χ4n) is 8.90. The highest BCUT2D eigenvalue weighted by Gasteiger charge is 2.39. The summed E-state index contributed by atoms with van der Waals surface area (Å²) >= 11 is 0. The van der Waals surface area contributed by atoms with Gasteiger partial charge in [0.2, 0.25) is 11.8 Å². The van der Waals surface area contributed by atoms with Gasteiger partial charge in [0.15, 0.2) is 0 Å². The summed E-state index contributed by atoms with van der Waals surface area (Å²) in [6.07, 6.45) is 9.43. The largest absolute Gasteiger partial charge is 0.453 e. The van der Waals surface area contributed by atoms with E-state index in [1.54, 1.807) is 0 Å². The van der Waals surface area contributed by atoms with Crippen molar-refractivity contribution in [3.63, 3.8) is 0 Å². The van der Waals surface area contributed by atoms with Crippen LogP contribution in [-0.4, -0.2) is 103 Å². The molecule has 0 saturated carbocycles. The van der Waals surface area contributed by atoms with E-state index in [1.807, 2.05) is 62.3 Å². The van der Waals surface area contributed by atoms with Gasteiger partial charge in [0.05, 0.1) is 61.1 Å². The summed E-state index contributed by atoms with van der Waals surface area (Å²) in [4.78, 5) is 78.8. The number of carbonyl (C=O) groups is 4. The van der Waals surface area contributed by atoms with Gasteiger partial charge in [0.25, 0.3) is 0 Å². The van der Waals surface area contributed by atoms with Crippen LogP contribution in [0, 0.1) is 11.8 Å². The minimum absolute atomic E-state index is 0.123. The zero-order valence-corrected chi connectivity index (χ0v) is 34.7. The molecule has 0 bridgehead atoms. The van der Waals surface area contributed by atoms with E-state index in [4.69, 9.17) is 19.4 Å². The Hall–Kier alpha value is -6.58. The number of amides is 4. The molecule has 6 heterocycles. The number of hydrogen-bond acceptors (Lipinski definition) is 8. The number of benzene rings is 2. The number of aromatic amines is 4. The first kappa shape index (κ1) is 40.2. The second-order valence-corrected chi connectivity index (χ2v) is 16.3. The predicted molar refractivity (Wildman–Crippen MR) is 226 cm³/mol. The fraction of sp³-hybridized carbons (Fsp3) is 0.409. The van der Waals surface area contributed by atoms with Crippen LogP contribution in [0.3, 0.4) is 0 Å². The molecule has 4 unspecified atom stereocenters. The van der Waals surface area contributed by atoms with Gasteiger partial charge >= 0.3 is 12.2 Å². The Bertz CT molecular complexity index is 2370. The fourth-order valence-corrected chi connectivity index (χ4v) is 8.90. The SMILES string of the molecule is COC(=O)NC(C(=O)N1CCCC1c1ncc(-c2ccc(-c3ccc(-c4cnc(C5CCCN5C(=O)C(NC(=O)OC)C(C)C)[nH]4)c4cc[nH]c34)c3[nH]ccc23)[nH]1)C(C)C. The maximum Gasteiger partial charge on any atom is 0.407 e. The van der Waals surface area contributed by atoms with Crippen LogP contribution < -0.4 is 10.6 Å². The van der Waals surface area contributed by atoms with Crippen LogP contribution in [0.2, 0.25) is 0 Å². The number of methoxy groups -OCH3 is 2. The zero-order valence-electron chi connectivity index (χ0n) is 34.7. The lowest BCUT2D eigenvalue weighted by Crippen LogP contribution is -2.51. The number of ether oxygens (including phenoxy) is 2. The highest BCUT2D eigenvalue weighted by molar-refractivity contribution is 6.09. The summed E-state index contributed by atoms with van der Waals surface area (Å²) < 4.78 is 9.58. The van der Waals surface area contributed by atoms with E-state index in [9.17, 15) is 19.2 Å². The topological polar surface area (TPSA) is 206 Å². The van der Waals surface area contributed by atoms with Crippen molar-refractivity contribution in [2.45, 2.75) is 77.5 Å². The van der Waals surface area contributed by atoms with Crippen molar-refractivity contribution in [3.8, 4) is 33.6 Å². The van der Waals surface area contributed by atoms with E-state index < -0.39 is 24.3 Å². The third-order valence-electron chi connectivity index (χ3n) is 12.0.